The van der Waals surface area contributed by atoms with Gasteiger partial charge in [-0.25, -0.2) is 0 Å². The van der Waals surface area contributed by atoms with Gasteiger partial charge in [-0.1, -0.05) is 0 Å². The fourth-order valence-electron chi connectivity index (χ4n) is 0.143. The molecule has 0 amide bonds. The van der Waals surface area contributed by atoms with Crippen LogP contribution < -0.4 is 11.5 Å². The molecular weight excluding hydrogens is 429 g/mol. The number of carbonyl (C=O) groups is 2. The van der Waals surface area contributed by atoms with Crippen molar-refractivity contribution >= 4 is 37.2 Å². The molecule has 0 rings (SSSR count). The summed E-state index contributed by atoms with van der Waals surface area (Å²) in [6.07, 6.45) is 0. The maximum atomic E-state index is 9.74. The fraction of sp³-hybridized carbons (Fsp3) is 0.667. The van der Waals surface area contributed by atoms with Crippen molar-refractivity contribution in [1.82, 2.24) is 0 Å². The molecule has 0 aliphatic carbocycles. The number of hydrogen-bond donors (Lipinski definition) is 4. The van der Waals surface area contributed by atoms with Gasteiger partial charge in [-0.3, -0.25) is 9.59 Å². The molecule has 0 unspecified atom stereocenters. The summed E-state index contributed by atoms with van der Waals surface area (Å²) in [5.74, 6) is -1.91. The van der Waals surface area contributed by atoms with Crippen molar-refractivity contribution in [3.05, 3.63) is 0 Å². The van der Waals surface area contributed by atoms with E-state index in [1.165, 1.54) is 0 Å². The molecule has 6 N–H and O–H groups in total. The zero-order valence-corrected chi connectivity index (χ0v) is 15.1. The molecule has 0 fully saturated rings. The second-order valence-corrected chi connectivity index (χ2v) is 2.89. The monoisotopic (exact) mass is 442 g/mol. The Morgan fingerprint density at radius 1 is 1.00 bits per heavy atom. The van der Waals surface area contributed by atoms with Gasteiger partial charge in [0.25, 0.3) is 0 Å². The largest absolute Gasteiger partial charge is 2.00 e. The van der Waals surface area contributed by atoms with Crippen molar-refractivity contribution in [2.75, 3.05) is 11.5 Å². The topological polar surface area (TPSA) is 127 Å². The van der Waals surface area contributed by atoms with Gasteiger partial charge in [-0.15, -0.1) is 0 Å². The number of aliphatic carboxylic acids is 2. The molecule has 0 heterocycles. The third kappa shape index (κ3) is 14.5. The molecule has 15 heavy (non-hydrogen) atoms. The zero-order chi connectivity index (χ0) is 11.7. The van der Waals surface area contributed by atoms with Crippen LogP contribution in [0, 0.1) is 0 Å². The average molecular weight is 441 g/mol. The van der Waals surface area contributed by atoms with E-state index in [-0.39, 0.29) is 39.2 Å². The number of carboxylic acid groups (broad SMARTS) is 2. The molecule has 0 aromatic heterocycles. The molecular formula is C6H12HgN2O4S2. The molecule has 2 atom stereocenters. The van der Waals surface area contributed by atoms with E-state index in [4.69, 9.17) is 21.7 Å². The van der Waals surface area contributed by atoms with Crippen LogP contribution in [0.3, 0.4) is 0 Å². The van der Waals surface area contributed by atoms with Crippen LogP contribution in [0.4, 0.5) is 0 Å². The van der Waals surface area contributed by atoms with Crippen molar-refractivity contribution in [1.29, 1.82) is 0 Å². The van der Waals surface area contributed by atoms with Crippen molar-refractivity contribution in [2.45, 2.75) is 12.1 Å². The Labute approximate surface area is 119 Å². The van der Waals surface area contributed by atoms with Crippen LogP contribution in [0.25, 0.3) is 0 Å². The maximum Gasteiger partial charge on any atom is 2.00 e. The molecule has 0 bridgehead atoms. The molecule has 0 aliphatic heterocycles. The second-order valence-electron chi connectivity index (χ2n) is 2.22. The summed E-state index contributed by atoms with van der Waals surface area (Å²) < 4.78 is 0. The summed E-state index contributed by atoms with van der Waals surface area (Å²) in [6, 6.07) is -1.73. The zero-order valence-electron chi connectivity index (χ0n) is 7.96. The normalized spacial score (nSPS) is 12.5. The third-order valence-corrected chi connectivity index (χ3v) is 1.71. The number of nitrogens with two attached hydrogens (primary N) is 2. The minimum atomic E-state index is -1.03. The van der Waals surface area contributed by atoms with Gasteiger partial charge in [-0.05, 0) is 0 Å². The van der Waals surface area contributed by atoms with Gasteiger partial charge in [0.2, 0.25) is 0 Å². The Morgan fingerprint density at radius 2 is 1.20 bits per heavy atom. The molecule has 0 radical (unpaired) electrons. The first-order valence-corrected chi connectivity index (χ1v) is 4.65. The van der Waals surface area contributed by atoms with Crippen molar-refractivity contribution in [2.24, 2.45) is 11.5 Å². The number of carboxylic acids is 2. The van der Waals surface area contributed by atoms with Gasteiger partial charge in [0.05, 0.1) is 12.1 Å². The minimum Gasteiger partial charge on any atom is -0.791 e. The summed E-state index contributed by atoms with van der Waals surface area (Å²) >= 11 is 8.69. The van der Waals surface area contributed by atoms with Crippen LogP contribution in [0.1, 0.15) is 0 Å². The Bertz CT molecular complexity index is 176. The van der Waals surface area contributed by atoms with Crippen molar-refractivity contribution < 1.29 is 47.5 Å². The summed E-state index contributed by atoms with van der Waals surface area (Å²) in [5, 5.41) is 16.0. The standard InChI is InChI=1S/2C3H7NO2S.Hg/c2*4-2(1-7)3(5)6;/h2*2,7H,1,4H2,(H,5,6);/q;;+2/p-2/t2*2-;/m11./s1. The number of rotatable bonds is 4. The smallest absolute Gasteiger partial charge is 0.791 e. The Morgan fingerprint density at radius 3 is 1.20 bits per heavy atom. The Kier molecular flexibility index (Phi) is 17.5. The van der Waals surface area contributed by atoms with Gasteiger partial charge >= 0.3 is 39.6 Å². The van der Waals surface area contributed by atoms with Gasteiger partial charge in [0.15, 0.2) is 0 Å². The van der Waals surface area contributed by atoms with E-state index < -0.39 is 24.0 Å². The molecule has 9 heteroatoms. The van der Waals surface area contributed by atoms with E-state index >= 15 is 0 Å². The summed E-state index contributed by atoms with van der Waals surface area (Å²) in [6.45, 7) is 0. The van der Waals surface area contributed by atoms with E-state index in [0.29, 0.717) is 0 Å². The fourth-order valence-corrected chi connectivity index (χ4v) is 0.428. The molecule has 0 aliphatic rings. The van der Waals surface area contributed by atoms with Crippen LogP contribution in [0.5, 0.6) is 0 Å². The van der Waals surface area contributed by atoms with Gasteiger partial charge in [-0.2, -0.15) is 11.5 Å². The Hall–Kier alpha value is 0.495. The predicted octanol–water partition coefficient (Wildman–Crippen LogP) is -2.11. The minimum absolute atomic E-state index is 0. The molecule has 0 aromatic rings. The molecule has 0 spiro atoms. The first-order valence-electron chi connectivity index (χ1n) is 3.49. The van der Waals surface area contributed by atoms with E-state index in [0.717, 1.165) is 0 Å². The molecule has 0 saturated heterocycles. The van der Waals surface area contributed by atoms with E-state index in [1.807, 2.05) is 0 Å². The number of hydrogen-bond acceptors (Lipinski definition) is 6. The predicted molar refractivity (Wildman–Crippen MR) is 55.7 cm³/mol. The van der Waals surface area contributed by atoms with Crippen LogP contribution in [0.15, 0.2) is 0 Å². The molecule has 0 saturated carbocycles. The van der Waals surface area contributed by atoms with Gasteiger partial charge < -0.3 is 46.9 Å². The summed E-state index contributed by atoms with van der Waals surface area (Å²) in [4.78, 5) is 19.5. The van der Waals surface area contributed by atoms with Gasteiger partial charge in [0, 0.05) is 0 Å². The van der Waals surface area contributed by atoms with E-state index in [9.17, 15) is 9.59 Å². The van der Waals surface area contributed by atoms with E-state index in [2.05, 4.69) is 25.3 Å². The average Bonchev–Trinajstić information content (AvgIpc) is 2.15. The maximum absolute atomic E-state index is 9.74. The SMILES string of the molecule is N[C@H](C[S-])C(=O)O.N[C@H](C[S-])C(=O)O.[Hg+2]. The van der Waals surface area contributed by atoms with Gasteiger partial charge in [0.1, 0.15) is 0 Å². The third-order valence-electron chi connectivity index (χ3n) is 0.994. The molecule has 6 nitrogen and oxygen atoms in total. The van der Waals surface area contributed by atoms with Crippen LogP contribution in [0.2, 0.25) is 0 Å². The van der Waals surface area contributed by atoms with Crippen LogP contribution >= 0.6 is 0 Å². The van der Waals surface area contributed by atoms with Crippen LogP contribution in [-0.2, 0) is 62.5 Å². The quantitative estimate of drug-likeness (QED) is 0.289. The second kappa shape index (κ2) is 12.6. The molecule has 84 valence electrons. The first kappa shape index (κ1) is 20.9. The summed E-state index contributed by atoms with van der Waals surface area (Å²) in [5.41, 5.74) is 9.82. The van der Waals surface area contributed by atoms with E-state index in [1.54, 1.807) is 0 Å². The van der Waals surface area contributed by atoms with Crippen LogP contribution in [-0.4, -0.2) is 45.7 Å². The Balaban J connectivity index is -0.000000180. The summed E-state index contributed by atoms with van der Waals surface area (Å²) in [7, 11) is 0. The molecule has 0 aromatic carbocycles. The van der Waals surface area contributed by atoms with Crippen molar-refractivity contribution in [3.63, 3.8) is 0 Å². The first-order chi connectivity index (χ1) is 6.36. The van der Waals surface area contributed by atoms with Crippen molar-refractivity contribution in [3.8, 4) is 0 Å².